The Kier molecular flexibility index (Phi) is 3.84. The Labute approximate surface area is 152 Å². The van der Waals surface area contributed by atoms with E-state index in [1.54, 1.807) is 0 Å². The lowest BCUT2D eigenvalue weighted by atomic mass is 9.94. The van der Waals surface area contributed by atoms with Crippen LogP contribution in [0.4, 0.5) is 0 Å². The van der Waals surface area contributed by atoms with Gasteiger partial charge in [0.1, 0.15) is 19.1 Å². The van der Waals surface area contributed by atoms with Crippen LogP contribution in [0, 0.1) is 6.92 Å². The van der Waals surface area contributed by atoms with Crippen molar-refractivity contribution in [3.63, 3.8) is 0 Å². The molecule has 1 fully saturated rings. The minimum absolute atomic E-state index is 0.240. The number of ether oxygens (including phenoxy) is 3. The summed E-state index contributed by atoms with van der Waals surface area (Å²) in [6.07, 6.45) is 0. The lowest BCUT2D eigenvalue weighted by Gasteiger charge is -2.32. The molecule has 1 saturated heterocycles. The third-order valence-corrected chi connectivity index (χ3v) is 5.51. The number of H-pyrrole nitrogens is 1. The lowest BCUT2D eigenvalue weighted by Crippen LogP contribution is -3.14. The van der Waals surface area contributed by atoms with Gasteiger partial charge in [-0.05, 0) is 31.2 Å². The highest BCUT2D eigenvalue weighted by Crippen LogP contribution is 2.37. The second-order valence-corrected chi connectivity index (χ2v) is 7.03. The molecule has 1 aromatic heterocycles. The van der Waals surface area contributed by atoms with Crippen molar-refractivity contribution in [2.75, 3.05) is 33.1 Å². The normalized spacial score (nSPS) is 18.3. The average molecular weight is 351 g/mol. The number of aryl methyl sites for hydroxylation is 1. The average Bonchev–Trinajstić information content (AvgIpc) is 3.27. The van der Waals surface area contributed by atoms with Crippen molar-refractivity contribution in [3.8, 4) is 11.5 Å². The number of benzene rings is 2. The maximum absolute atomic E-state index is 5.65. The zero-order chi connectivity index (χ0) is 17.5. The number of hydrogen-bond donors (Lipinski definition) is 2. The number of aromatic amines is 1. The molecule has 5 nitrogen and oxygen atoms in total. The first kappa shape index (κ1) is 15.7. The lowest BCUT2D eigenvalue weighted by molar-refractivity contribution is -0.933. The fourth-order valence-corrected chi connectivity index (χ4v) is 4.29. The van der Waals surface area contributed by atoms with Crippen molar-refractivity contribution < 1.29 is 19.1 Å². The molecule has 2 aliphatic heterocycles. The van der Waals surface area contributed by atoms with Crippen LogP contribution >= 0.6 is 0 Å². The van der Waals surface area contributed by atoms with Crippen molar-refractivity contribution in [2.45, 2.75) is 13.0 Å². The quantitative estimate of drug-likeness (QED) is 0.761. The maximum Gasteiger partial charge on any atom is 0.231 e. The molecule has 2 aromatic carbocycles. The molecule has 2 N–H and O–H groups in total. The first-order valence-corrected chi connectivity index (χ1v) is 9.20. The molecular weight excluding hydrogens is 328 g/mol. The summed E-state index contributed by atoms with van der Waals surface area (Å²) in [5.74, 6) is 1.68. The Morgan fingerprint density at radius 3 is 2.69 bits per heavy atom. The summed E-state index contributed by atoms with van der Waals surface area (Å²) in [4.78, 5) is 5.10. The van der Waals surface area contributed by atoms with Crippen molar-refractivity contribution in [3.05, 3.63) is 59.3 Å². The monoisotopic (exact) mass is 351 g/mol. The first-order chi connectivity index (χ1) is 12.8. The molecule has 2 aliphatic rings. The summed E-state index contributed by atoms with van der Waals surface area (Å²) >= 11 is 0. The van der Waals surface area contributed by atoms with E-state index in [9.17, 15) is 0 Å². The van der Waals surface area contributed by atoms with Crippen molar-refractivity contribution in [1.82, 2.24) is 4.98 Å². The molecule has 0 radical (unpaired) electrons. The summed E-state index contributed by atoms with van der Waals surface area (Å²) in [7, 11) is 0. The van der Waals surface area contributed by atoms with Gasteiger partial charge in [-0.15, -0.1) is 0 Å². The Morgan fingerprint density at radius 1 is 1.00 bits per heavy atom. The Morgan fingerprint density at radius 2 is 1.81 bits per heavy atom. The van der Waals surface area contributed by atoms with Gasteiger partial charge in [-0.3, -0.25) is 0 Å². The summed E-state index contributed by atoms with van der Waals surface area (Å²) in [6, 6.07) is 15.2. The van der Waals surface area contributed by atoms with Gasteiger partial charge in [-0.1, -0.05) is 18.2 Å². The Hall–Kier alpha value is -2.50. The minimum Gasteiger partial charge on any atom is -0.454 e. The van der Waals surface area contributed by atoms with Gasteiger partial charge in [-0.25, -0.2) is 0 Å². The number of hydrogen-bond acceptors (Lipinski definition) is 3. The van der Waals surface area contributed by atoms with Crippen LogP contribution in [0.3, 0.4) is 0 Å². The van der Waals surface area contributed by atoms with Crippen LogP contribution in [0.15, 0.2) is 42.5 Å². The molecule has 3 aromatic rings. The second-order valence-electron chi connectivity index (χ2n) is 7.03. The molecule has 1 atom stereocenters. The van der Waals surface area contributed by atoms with E-state index in [0.717, 1.165) is 37.8 Å². The number of morpholine rings is 1. The fraction of sp³-hybridized carbons (Fsp3) is 0.333. The molecule has 3 heterocycles. The zero-order valence-electron chi connectivity index (χ0n) is 14.9. The predicted octanol–water partition coefficient (Wildman–Crippen LogP) is 2.21. The number of nitrogens with one attached hydrogen (secondary N) is 2. The van der Waals surface area contributed by atoms with Gasteiger partial charge in [0, 0.05) is 27.7 Å². The van der Waals surface area contributed by atoms with Crippen LogP contribution in [0.25, 0.3) is 10.9 Å². The number of fused-ring (bicyclic) bond motifs is 2. The van der Waals surface area contributed by atoms with Crippen molar-refractivity contribution in [2.24, 2.45) is 0 Å². The summed E-state index contributed by atoms with van der Waals surface area (Å²) in [5, 5.41) is 1.30. The van der Waals surface area contributed by atoms with E-state index in [4.69, 9.17) is 14.2 Å². The Balaban J connectivity index is 1.67. The van der Waals surface area contributed by atoms with Gasteiger partial charge in [-0.2, -0.15) is 0 Å². The molecule has 0 spiro atoms. The number of para-hydroxylation sites is 1. The largest absolute Gasteiger partial charge is 0.454 e. The predicted molar refractivity (Wildman–Crippen MR) is 99.0 cm³/mol. The van der Waals surface area contributed by atoms with Crippen LogP contribution in [0.5, 0.6) is 11.5 Å². The molecule has 5 rings (SSSR count). The van der Waals surface area contributed by atoms with Gasteiger partial charge >= 0.3 is 0 Å². The smallest absolute Gasteiger partial charge is 0.231 e. The number of rotatable bonds is 3. The van der Waals surface area contributed by atoms with E-state index in [1.165, 1.54) is 32.6 Å². The van der Waals surface area contributed by atoms with Crippen LogP contribution in [-0.2, 0) is 4.74 Å². The third-order valence-electron chi connectivity index (χ3n) is 5.51. The Bertz CT molecular complexity index is 944. The standard InChI is InChI=1S/C21H22N2O3/c1-14-20(16-4-2-3-5-17(16)22-14)21(23-8-10-24-11-9-23)15-6-7-18-19(12-15)26-13-25-18/h2-7,12,21-22H,8-11,13H2,1H3/p+1/t21-/m1/s1. The van der Waals surface area contributed by atoms with E-state index < -0.39 is 0 Å². The highest BCUT2D eigenvalue weighted by molar-refractivity contribution is 5.85. The molecule has 0 amide bonds. The summed E-state index contributed by atoms with van der Waals surface area (Å²) in [5.41, 5.74) is 5.06. The van der Waals surface area contributed by atoms with E-state index >= 15 is 0 Å². The molecule has 26 heavy (non-hydrogen) atoms. The number of aromatic nitrogens is 1. The number of quaternary nitrogens is 1. The summed E-state index contributed by atoms with van der Waals surface area (Å²) < 4.78 is 16.8. The highest BCUT2D eigenvalue weighted by Gasteiger charge is 2.32. The van der Waals surface area contributed by atoms with Crippen LogP contribution in [-0.4, -0.2) is 38.1 Å². The van der Waals surface area contributed by atoms with Gasteiger partial charge in [0.2, 0.25) is 6.79 Å². The van der Waals surface area contributed by atoms with E-state index in [0.29, 0.717) is 6.79 Å². The third kappa shape index (κ3) is 2.55. The molecule has 5 heteroatoms. The van der Waals surface area contributed by atoms with Gasteiger partial charge in [0.15, 0.2) is 11.5 Å². The van der Waals surface area contributed by atoms with Crippen LogP contribution in [0.1, 0.15) is 22.9 Å². The molecule has 0 unspecified atom stereocenters. The molecule has 0 saturated carbocycles. The maximum atomic E-state index is 5.65. The minimum atomic E-state index is 0.240. The van der Waals surface area contributed by atoms with Gasteiger partial charge < -0.3 is 24.1 Å². The van der Waals surface area contributed by atoms with E-state index in [1.807, 2.05) is 6.07 Å². The molecule has 134 valence electrons. The van der Waals surface area contributed by atoms with Crippen LogP contribution < -0.4 is 14.4 Å². The van der Waals surface area contributed by atoms with E-state index in [2.05, 4.69) is 48.3 Å². The second kappa shape index (κ2) is 6.34. The summed E-state index contributed by atoms with van der Waals surface area (Å²) in [6.45, 7) is 6.08. The zero-order valence-corrected chi connectivity index (χ0v) is 14.9. The van der Waals surface area contributed by atoms with E-state index in [-0.39, 0.29) is 6.04 Å². The molecule has 0 bridgehead atoms. The van der Waals surface area contributed by atoms with Crippen LogP contribution in [0.2, 0.25) is 0 Å². The first-order valence-electron chi connectivity index (χ1n) is 9.20. The van der Waals surface area contributed by atoms with Crippen molar-refractivity contribution in [1.29, 1.82) is 0 Å². The highest BCUT2D eigenvalue weighted by atomic mass is 16.7. The SMILES string of the molecule is Cc1[nH]c2ccccc2c1[C@@H](c1ccc2c(c1)OCO2)[NH+]1CCOCC1. The molecular formula is C21H23N2O3+. The molecule has 0 aliphatic carbocycles. The van der Waals surface area contributed by atoms with Gasteiger partial charge in [0.25, 0.3) is 0 Å². The fourth-order valence-electron chi connectivity index (χ4n) is 4.29. The topological polar surface area (TPSA) is 47.9 Å². The van der Waals surface area contributed by atoms with Crippen molar-refractivity contribution >= 4 is 10.9 Å². The van der Waals surface area contributed by atoms with Gasteiger partial charge in [0.05, 0.1) is 13.2 Å².